The zero-order valence-electron chi connectivity index (χ0n) is 6.83. The number of halogens is 2. The molecule has 0 aromatic heterocycles. The molecule has 0 aliphatic heterocycles. The number of hydrogen-bond donors (Lipinski definition) is 1. The van der Waals surface area contributed by atoms with Crippen LogP contribution in [0.25, 0.3) is 0 Å². The van der Waals surface area contributed by atoms with Crippen LogP contribution in [0, 0.1) is 6.92 Å². The second-order valence-electron chi connectivity index (χ2n) is 2.63. The lowest BCUT2D eigenvalue weighted by Gasteiger charge is -2.16. The molecule has 1 atom stereocenters. The number of alkyl halides is 2. The van der Waals surface area contributed by atoms with Gasteiger partial charge in [-0.3, -0.25) is 0 Å². The van der Waals surface area contributed by atoms with E-state index >= 15 is 0 Å². The molecule has 1 N–H and O–H groups in total. The Labute approximate surface area is 107 Å². The molecular formula is C8H8I2O2S. The van der Waals surface area contributed by atoms with Crippen molar-refractivity contribution >= 4 is 56.3 Å². The molecule has 0 amide bonds. The molecule has 0 saturated carbocycles. The van der Waals surface area contributed by atoms with Crippen molar-refractivity contribution in [2.45, 2.75) is 7.68 Å². The van der Waals surface area contributed by atoms with Crippen LogP contribution in [0.4, 0.5) is 0 Å². The van der Waals surface area contributed by atoms with Gasteiger partial charge in [0.05, 0.1) is 0 Å². The van der Waals surface area contributed by atoms with Gasteiger partial charge in [0.25, 0.3) is 0 Å². The summed E-state index contributed by atoms with van der Waals surface area (Å²) in [5.41, 5.74) is 2.01. The highest BCUT2D eigenvalue weighted by Crippen LogP contribution is 2.41. The van der Waals surface area contributed by atoms with Crippen LogP contribution in [0.5, 0.6) is 0 Å². The first-order valence-electron chi connectivity index (χ1n) is 3.50. The monoisotopic (exact) mass is 422 g/mol. The maximum atomic E-state index is 11.0. The number of rotatable bonds is 2. The Hall–Kier alpha value is 0.790. The summed E-state index contributed by atoms with van der Waals surface area (Å²) in [5, 5.41) is 0. The first kappa shape index (κ1) is 11.9. The van der Waals surface area contributed by atoms with Gasteiger partial charge in [0.2, 0.25) is 0 Å². The van der Waals surface area contributed by atoms with Gasteiger partial charge in [-0.05, 0) is 57.7 Å². The fourth-order valence-corrected chi connectivity index (χ4v) is 1.91. The Morgan fingerprint density at radius 1 is 1.31 bits per heavy atom. The average Bonchev–Trinajstić information content (AvgIpc) is 2.04. The largest absolute Gasteiger partial charge is 0.304 e. The van der Waals surface area contributed by atoms with E-state index in [1.165, 1.54) is 0 Å². The second kappa shape index (κ2) is 4.54. The van der Waals surface area contributed by atoms with Gasteiger partial charge in [-0.1, -0.05) is 29.8 Å². The maximum Gasteiger partial charge on any atom is 0.197 e. The molecule has 1 aromatic carbocycles. The molecule has 0 fully saturated rings. The van der Waals surface area contributed by atoms with E-state index in [9.17, 15) is 4.21 Å². The zero-order valence-corrected chi connectivity index (χ0v) is 12.0. The quantitative estimate of drug-likeness (QED) is 0.452. The van der Waals surface area contributed by atoms with Crippen molar-refractivity contribution in [2.24, 2.45) is 0 Å². The lowest BCUT2D eigenvalue weighted by molar-refractivity contribution is 0.562. The first-order valence-corrected chi connectivity index (χ1v) is 6.77. The molecule has 2 nitrogen and oxygen atoms in total. The van der Waals surface area contributed by atoms with E-state index in [1.807, 2.05) is 76.4 Å². The van der Waals surface area contributed by atoms with Crippen molar-refractivity contribution in [1.82, 2.24) is 0 Å². The molecule has 0 spiro atoms. The predicted octanol–water partition coefficient (Wildman–Crippen LogP) is 3.20. The predicted molar refractivity (Wildman–Crippen MR) is 71.7 cm³/mol. The Kier molecular flexibility index (Phi) is 4.14. The number of benzene rings is 1. The minimum absolute atomic E-state index is 0.747. The van der Waals surface area contributed by atoms with E-state index in [-0.39, 0.29) is 0 Å². The van der Waals surface area contributed by atoms with Crippen molar-refractivity contribution in [1.29, 1.82) is 0 Å². The van der Waals surface area contributed by atoms with Gasteiger partial charge in [0.15, 0.2) is 11.8 Å². The lowest BCUT2D eigenvalue weighted by atomic mass is 10.2. The highest BCUT2D eigenvalue weighted by molar-refractivity contribution is 14.2. The second-order valence-corrected chi connectivity index (χ2v) is 10.5. The molecule has 0 aliphatic rings. The molecule has 1 rings (SSSR count). The smallest absolute Gasteiger partial charge is 0.197 e. The molecule has 0 heterocycles. The van der Waals surface area contributed by atoms with E-state index in [0.717, 1.165) is 11.1 Å². The van der Waals surface area contributed by atoms with E-state index < -0.39 is 11.8 Å². The summed E-state index contributed by atoms with van der Waals surface area (Å²) in [6.45, 7) is 1.99. The summed E-state index contributed by atoms with van der Waals surface area (Å²) < 4.78 is 19.3. The maximum absolute atomic E-state index is 11.0. The molecule has 1 aromatic rings. The first-order chi connectivity index (χ1) is 5.94. The van der Waals surface area contributed by atoms with E-state index in [0.29, 0.717) is 0 Å². The van der Waals surface area contributed by atoms with Crippen molar-refractivity contribution in [3.8, 4) is 0 Å². The van der Waals surface area contributed by atoms with Gasteiger partial charge >= 0.3 is 0 Å². The van der Waals surface area contributed by atoms with Crippen LogP contribution < -0.4 is 0 Å². The van der Waals surface area contributed by atoms with Crippen LogP contribution in [0.2, 0.25) is 0 Å². The highest BCUT2D eigenvalue weighted by atomic mass is 127. The van der Waals surface area contributed by atoms with Crippen molar-refractivity contribution in [2.75, 3.05) is 0 Å². The van der Waals surface area contributed by atoms with Crippen LogP contribution in [0.15, 0.2) is 24.3 Å². The van der Waals surface area contributed by atoms with Gasteiger partial charge < -0.3 is 4.55 Å². The number of hydrogen-bond acceptors (Lipinski definition) is 1. The van der Waals surface area contributed by atoms with Crippen LogP contribution in [-0.2, 0) is 11.8 Å². The molecular weight excluding hydrogens is 414 g/mol. The van der Waals surface area contributed by atoms with E-state index in [2.05, 4.69) is 0 Å². The van der Waals surface area contributed by atoms with Crippen LogP contribution in [0.1, 0.15) is 11.1 Å². The summed E-state index contributed by atoms with van der Waals surface area (Å²) >= 11 is 2.10. The lowest BCUT2D eigenvalue weighted by Crippen LogP contribution is -2.14. The molecule has 5 heteroatoms. The van der Waals surface area contributed by atoms with Gasteiger partial charge in [-0.2, -0.15) is 0 Å². The minimum atomic E-state index is -1.86. The molecule has 0 radical (unpaired) electrons. The molecule has 0 bridgehead atoms. The summed E-state index contributed by atoms with van der Waals surface area (Å²) in [6.07, 6.45) is 0. The third-order valence-corrected chi connectivity index (χ3v) is 5.79. The van der Waals surface area contributed by atoms with Crippen molar-refractivity contribution < 1.29 is 8.76 Å². The SMILES string of the molecule is Cc1ccc(C(I)(I)S(=O)O)cc1. The van der Waals surface area contributed by atoms with Crippen LogP contribution in [-0.4, -0.2) is 8.76 Å². The zero-order chi connectivity index (χ0) is 10.1. The molecule has 13 heavy (non-hydrogen) atoms. The third-order valence-electron chi connectivity index (χ3n) is 1.61. The topological polar surface area (TPSA) is 37.3 Å². The Morgan fingerprint density at radius 3 is 2.15 bits per heavy atom. The van der Waals surface area contributed by atoms with Gasteiger partial charge in [-0.15, -0.1) is 0 Å². The molecule has 0 saturated heterocycles. The van der Waals surface area contributed by atoms with Crippen LogP contribution in [0.3, 0.4) is 0 Å². The normalized spacial score (nSPS) is 14.2. The molecule has 72 valence electrons. The van der Waals surface area contributed by atoms with Crippen LogP contribution >= 0.6 is 45.2 Å². The standard InChI is InChI=1S/C8H8I2O2S/c1-6-2-4-7(5-3-6)8(9,10)13(11)12/h2-5H,1H3,(H,11,12). The fourth-order valence-electron chi connectivity index (χ4n) is 0.848. The third kappa shape index (κ3) is 2.87. The highest BCUT2D eigenvalue weighted by Gasteiger charge is 2.31. The van der Waals surface area contributed by atoms with Gasteiger partial charge in [0.1, 0.15) is 0 Å². The molecule has 0 aliphatic carbocycles. The summed E-state index contributed by atoms with van der Waals surface area (Å²) in [5.74, 6) is 0. The minimum Gasteiger partial charge on any atom is -0.304 e. The summed E-state index contributed by atoms with van der Waals surface area (Å²) in [4.78, 5) is 0. The summed E-state index contributed by atoms with van der Waals surface area (Å²) in [7, 11) is 0. The summed E-state index contributed by atoms with van der Waals surface area (Å²) in [6, 6.07) is 7.63. The van der Waals surface area contributed by atoms with Gasteiger partial charge in [-0.25, -0.2) is 4.21 Å². The Bertz CT molecular complexity index is 321. The number of aryl methyl sites for hydroxylation is 1. The Balaban J connectivity index is 3.08. The Morgan fingerprint density at radius 2 is 1.77 bits per heavy atom. The van der Waals surface area contributed by atoms with E-state index in [1.54, 1.807) is 0 Å². The van der Waals surface area contributed by atoms with Gasteiger partial charge in [0, 0.05) is 0 Å². The fraction of sp³-hybridized carbons (Fsp3) is 0.250. The van der Waals surface area contributed by atoms with Crippen molar-refractivity contribution in [3.05, 3.63) is 35.4 Å². The average molecular weight is 422 g/mol. The molecule has 1 unspecified atom stereocenters. The van der Waals surface area contributed by atoms with E-state index in [4.69, 9.17) is 4.55 Å². The van der Waals surface area contributed by atoms with Crippen molar-refractivity contribution in [3.63, 3.8) is 0 Å².